The molecule has 0 atom stereocenters. The van der Waals surface area contributed by atoms with Crippen LogP contribution >= 0.6 is 0 Å². The fraction of sp³-hybridized carbons (Fsp3) is 0.381. The highest BCUT2D eigenvalue weighted by Gasteiger charge is 2.29. The first-order valence-corrected chi connectivity index (χ1v) is 10.8. The Morgan fingerprint density at radius 2 is 1.68 bits per heavy atom. The molecule has 7 heteroatoms. The maximum Gasteiger partial charge on any atom is 0.246 e. The van der Waals surface area contributed by atoms with Crippen molar-refractivity contribution in [1.29, 1.82) is 0 Å². The number of nitrogens with zero attached hydrogens (tertiary/aromatic N) is 2. The van der Waals surface area contributed by atoms with E-state index < -0.39 is 10.0 Å². The van der Waals surface area contributed by atoms with Gasteiger partial charge in [-0.25, -0.2) is 8.42 Å². The Bertz CT molecular complexity index is 951. The van der Waals surface area contributed by atoms with Crippen molar-refractivity contribution in [2.75, 3.05) is 26.2 Å². The molecule has 0 saturated carbocycles. The highest BCUT2D eigenvalue weighted by Crippen LogP contribution is 2.21. The molecule has 1 aliphatic heterocycles. The number of piperazine rings is 1. The normalized spacial score (nSPS) is 16.2. The molecule has 6 nitrogen and oxygen atoms in total. The summed E-state index contributed by atoms with van der Waals surface area (Å²) in [5, 5.41) is 0. The average Bonchev–Trinajstić information content (AvgIpc) is 3.11. The van der Waals surface area contributed by atoms with Gasteiger partial charge in [0.1, 0.15) is 11.5 Å². The number of aryl methyl sites for hydroxylation is 1. The molecular weight excluding hydrogens is 376 g/mol. The Kier molecular flexibility index (Phi) is 6.05. The lowest BCUT2D eigenvalue weighted by atomic mass is 10.0. The van der Waals surface area contributed by atoms with Crippen LogP contribution in [0.2, 0.25) is 0 Å². The van der Waals surface area contributed by atoms with Crippen LogP contribution in [0.25, 0.3) is 6.08 Å². The molecule has 28 heavy (non-hydrogen) atoms. The minimum atomic E-state index is -3.54. The zero-order chi connectivity index (χ0) is 20.3. The van der Waals surface area contributed by atoms with Gasteiger partial charge >= 0.3 is 0 Å². The summed E-state index contributed by atoms with van der Waals surface area (Å²) < 4.78 is 32.6. The molecule has 0 bridgehead atoms. The molecule has 3 rings (SSSR count). The van der Waals surface area contributed by atoms with Crippen LogP contribution in [0, 0.1) is 6.92 Å². The SMILES string of the molecule is Cc1ccc(C=CC(=O)N2CCN(S(=O)(=O)c3ccc(C(C)C)cc3)CC2)o1. The molecule has 2 aromatic rings. The van der Waals surface area contributed by atoms with Gasteiger partial charge in [0.25, 0.3) is 0 Å². The summed E-state index contributed by atoms with van der Waals surface area (Å²) in [5.74, 6) is 1.61. The quantitative estimate of drug-likeness (QED) is 0.720. The monoisotopic (exact) mass is 402 g/mol. The van der Waals surface area contributed by atoms with E-state index in [0.29, 0.717) is 29.7 Å². The molecule has 0 spiro atoms. The molecule has 2 heterocycles. The summed E-state index contributed by atoms with van der Waals surface area (Å²) in [5.41, 5.74) is 1.10. The Hall–Kier alpha value is -2.38. The zero-order valence-electron chi connectivity index (χ0n) is 16.5. The highest BCUT2D eigenvalue weighted by molar-refractivity contribution is 7.89. The minimum Gasteiger partial charge on any atom is -0.462 e. The molecule has 1 aromatic carbocycles. The van der Waals surface area contributed by atoms with E-state index >= 15 is 0 Å². The van der Waals surface area contributed by atoms with E-state index in [9.17, 15) is 13.2 Å². The summed E-state index contributed by atoms with van der Waals surface area (Å²) in [7, 11) is -3.54. The van der Waals surface area contributed by atoms with Crippen LogP contribution in [0.5, 0.6) is 0 Å². The van der Waals surface area contributed by atoms with E-state index in [2.05, 4.69) is 13.8 Å². The number of sulfonamides is 1. The number of furan rings is 1. The summed E-state index contributed by atoms with van der Waals surface area (Å²) in [6.07, 6.45) is 3.10. The number of carbonyl (C=O) groups is 1. The van der Waals surface area contributed by atoms with Crippen LogP contribution < -0.4 is 0 Å². The molecular formula is C21H26N2O4S. The van der Waals surface area contributed by atoms with Gasteiger partial charge in [0, 0.05) is 32.3 Å². The standard InChI is InChI=1S/C21H26N2O4S/c1-16(2)18-5-9-20(10-6-18)28(25,26)23-14-12-22(13-15-23)21(24)11-8-19-7-4-17(3)27-19/h4-11,16H,12-15H2,1-3H3. The van der Waals surface area contributed by atoms with E-state index in [4.69, 9.17) is 4.42 Å². The predicted octanol–water partition coefficient (Wildman–Crippen LogP) is 3.26. The molecule has 0 radical (unpaired) electrons. The first-order valence-electron chi connectivity index (χ1n) is 9.41. The van der Waals surface area contributed by atoms with E-state index in [1.807, 2.05) is 25.1 Å². The fourth-order valence-electron chi connectivity index (χ4n) is 3.12. The maximum atomic E-state index is 12.9. The predicted molar refractivity (Wildman–Crippen MR) is 108 cm³/mol. The molecule has 0 unspecified atom stereocenters. The van der Waals surface area contributed by atoms with Crippen LogP contribution in [0.15, 0.2) is 51.8 Å². The van der Waals surface area contributed by atoms with Crippen molar-refractivity contribution < 1.29 is 17.6 Å². The number of amides is 1. The summed E-state index contributed by atoms with van der Waals surface area (Å²) in [6, 6.07) is 10.7. The Labute approximate surface area is 166 Å². The molecule has 150 valence electrons. The van der Waals surface area contributed by atoms with Crippen molar-refractivity contribution in [2.45, 2.75) is 31.6 Å². The Balaban J connectivity index is 1.60. The molecule has 1 saturated heterocycles. The maximum absolute atomic E-state index is 12.9. The second-order valence-corrected chi connectivity index (χ2v) is 9.17. The third kappa shape index (κ3) is 4.54. The van der Waals surface area contributed by atoms with E-state index in [0.717, 1.165) is 11.3 Å². The number of benzene rings is 1. The van der Waals surface area contributed by atoms with Gasteiger partial charge in [-0.05, 0) is 48.7 Å². The molecule has 0 N–H and O–H groups in total. The first-order chi connectivity index (χ1) is 13.3. The van der Waals surface area contributed by atoms with Gasteiger partial charge in [-0.2, -0.15) is 4.31 Å². The molecule has 0 aliphatic carbocycles. The van der Waals surface area contributed by atoms with Crippen molar-refractivity contribution in [3.8, 4) is 0 Å². The van der Waals surface area contributed by atoms with Crippen LogP contribution in [-0.2, 0) is 14.8 Å². The number of carbonyl (C=O) groups excluding carboxylic acids is 1. The fourth-order valence-corrected chi connectivity index (χ4v) is 4.55. The van der Waals surface area contributed by atoms with Crippen molar-refractivity contribution in [1.82, 2.24) is 9.21 Å². The van der Waals surface area contributed by atoms with E-state index in [1.54, 1.807) is 29.2 Å². The molecule has 1 fully saturated rings. The molecule has 1 aromatic heterocycles. The summed E-state index contributed by atoms with van der Waals surface area (Å²) >= 11 is 0. The smallest absolute Gasteiger partial charge is 0.246 e. The van der Waals surface area contributed by atoms with Crippen LogP contribution in [0.3, 0.4) is 0 Å². The third-order valence-corrected chi connectivity index (χ3v) is 6.80. The van der Waals surface area contributed by atoms with Crippen molar-refractivity contribution in [3.63, 3.8) is 0 Å². The van der Waals surface area contributed by atoms with Gasteiger partial charge in [-0.1, -0.05) is 26.0 Å². The zero-order valence-corrected chi connectivity index (χ0v) is 17.3. The van der Waals surface area contributed by atoms with E-state index in [-0.39, 0.29) is 19.0 Å². The highest BCUT2D eigenvalue weighted by atomic mass is 32.2. The van der Waals surface area contributed by atoms with Gasteiger partial charge in [0.05, 0.1) is 4.90 Å². The van der Waals surface area contributed by atoms with Crippen molar-refractivity contribution in [2.24, 2.45) is 0 Å². The van der Waals surface area contributed by atoms with Gasteiger partial charge in [0.2, 0.25) is 15.9 Å². The Morgan fingerprint density at radius 1 is 1.04 bits per heavy atom. The second kappa shape index (κ2) is 8.32. The van der Waals surface area contributed by atoms with Gasteiger partial charge in [-0.15, -0.1) is 0 Å². The van der Waals surface area contributed by atoms with Gasteiger partial charge in [-0.3, -0.25) is 4.79 Å². The summed E-state index contributed by atoms with van der Waals surface area (Å²) in [6.45, 7) is 7.28. The lowest BCUT2D eigenvalue weighted by Gasteiger charge is -2.33. The first kappa shape index (κ1) is 20.4. The molecule has 1 aliphatic rings. The lowest BCUT2D eigenvalue weighted by molar-refractivity contribution is -0.127. The van der Waals surface area contributed by atoms with Crippen molar-refractivity contribution in [3.05, 3.63) is 59.6 Å². The largest absolute Gasteiger partial charge is 0.462 e. The topological polar surface area (TPSA) is 70.8 Å². The lowest BCUT2D eigenvalue weighted by Crippen LogP contribution is -2.50. The minimum absolute atomic E-state index is 0.146. The van der Waals surface area contributed by atoms with Gasteiger partial charge in [0.15, 0.2) is 0 Å². The number of hydrogen-bond acceptors (Lipinski definition) is 4. The number of rotatable bonds is 5. The van der Waals surface area contributed by atoms with E-state index in [1.165, 1.54) is 10.4 Å². The summed E-state index contributed by atoms with van der Waals surface area (Å²) in [4.78, 5) is 14.3. The average molecular weight is 403 g/mol. The Morgan fingerprint density at radius 3 is 2.21 bits per heavy atom. The van der Waals surface area contributed by atoms with Crippen molar-refractivity contribution >= 4 is 22.0 Å². The van der Waals surface area contributed by atoms with Gasteiger partial charge < -0.3 is 9.32 Å². The van der Waals surface area contributed by atoms with Crippen LogP contribution in [-0.4, -0.2) is 49.7 Å². The van der Waals surface area contributed by atoms with Crippen LogP contribution in [0.1, 0.15) is 36.8 Å². The van der Waals surface area contributed by atoms with Crippen LogP contribution in [0.4, 0.5) is 0 Å². The second-order valence-electron chi connectivity index (χ2n) is 7.23. The number of hydrogen-bond donors (Lipinski definition) is 0. The third-order valence-electron chi connectivity index (χ3n) is 4.89. The molecule has 1 amide bonds.